The number of esters is 1. The molecule has 0 bridgehead atoms. The van der Waals surface area contributed by atoms with Crippen LogP contribution in [0.3, 0.4) is 0 Å². The SMILES string of the molecule is CCOC(=O)c1c(NC(=O)C(=O)N/N=C/c2cc(Br)c(OCc3ccccc3)c(OCC)c2)sc2c1CCCCC2. The molecule has 1 aromatic heterocycles. The molecule has 216 valence electrons. The van der Waals surface area contributed by atoms with Crippen molar-refractivity contribution in [3.63, 3.8) is 0 Å². The maximum atomic E-state index is 12.7. The highest BCUT2D eigenvalue weighted by atomic mass is 79.9. The molecule has 11 heteroatoms. The van der Waals surface area contributed by atoms with E-state index in [1.165, 1.54) is 17.6 Å². The fourth-order valence-corrected chi connectivity index (χ4v) is 6.27. The second kappa shape index (κ2) is 14.8. The van der Waals surface area contributed by atoms with E-state index in [1.807, 2.05) is 37.3 Å². The van der Waals surface area contributed by atoms with E-state index in [1.54, 1.807) is 19.1 Å². The molecule has 9 nitrogen and oxygen atoms in total. The summed E-state index contributed by atoms with van der Waals surface area (Å²) in [6.45, 7) is 4.60. The Morgan fingerprint density at radius 3 is 2.54 bits per heavy atom. The summed E-state index contributed by atoms with van der Waals surface area (Å²) in [6, 6.07) is 13.3. The van der Waals surface area contributed by atoms with Crippen molar-refractivity contribution in [1.29, 1.82) is 0 Å². The van der Waals surface area contributed by atoms with Crippen LogP contribution in [0.5, 0.6) is 11.5 Å². The topological polar surface area (TPSA) is 115 Å². The van der Waals surface area contributed by atoms with Gasteiger partial charge in [0.1, 0.15) is 11.6 Å². The number of benzene rings is 2. The monoisotopic (exact) mass is 641 g/mol. The number of ether oxygens (including phenoxy) is 3. The van der Waals surface area contributed by atoms with Crippen LogP contribution in [0.25, 0.3) is 0 Å². The van der Waals surface area contributed by atoms with Crippen LogP contribution in [0.4, 0.5) is 5.00 Å². The lowest BCUT2D eigenvalue weighted by Gasteiger charge is -2.14. The molecular weight excluding hydrogens is 610 g/mol. The molecule has 1 aliphatic carbocycles. The first kappa shape index (κ1) is 30.3. The lowest BCUT2D eigenvalue weighted by molar-refractivity contribution is -0.136. The molecule has 2 N–H and O–H groups in total. The summed E-state index contributed by atoms with van der Waals surface area (Å²) in [4.78, 5) is 39.0. The summed E-state index contributed by atoms with van der Waals surface area (Å²) in [5.74, 6) is -1.33. The van der Waals surface area contributed by atoms with Crippen LogP contribution >= 0.6 is 27.3 Å². The quantitative estimate of drug-likeness (QED) is 0.0919. The average Bonchev–Trinajstić information content (AvgIpc) is 3.13. The molecule has 0 atom stereocenters. The van der Waals surface area contributed by atoms with E-state index in [0.29, 0.717) is 45.3 Å². The molecule has 0 aliphatic heterocycles. The first-order valence-corrected chi connectivity index (χ1v) is 15.1. The zero-order chi connectivity index (χ0) is 29.2. The predicted octanol–water partition coefficient (Wildman–Crippen LogP) is 6.02. The van der Waals surface area contributed by atoms with Gasteiger partial charge in [-0.1, -0.05) is 36.8 Å². The van der Waals surface area contributed by atoms with Crippen LogP contribution in [0, 0.1) is 0 Å². The minimum Gasteiger partial charge on any atom is -0.490 e. The summed E-state index contributed by atoms with van der Waals surface area (Å²) >= 11 is 4.85. The summed E-state index contributed by atoms with van der Waals surface area (Å²) in [6.07, 6.45) is 6.02. The van der Waals surface area contributed by atoms with Crippen LogP contribution in [0.1, 0.15) is 65.0 Å². The molecule has 1 heterocycles. The molecule has 41 heavy (non-hydrogen) atoms. The molecule has 2 aromatic carbocycles. The number of thiophene rings is 1. The van der Waals surface area contributed by atoms with E-state index in [0.717, 1.165) is 48.1 Å². The average molecular weight is 643 g/mol. The van der Waals surface area contributed by atoms with Crippen molar-refractivity contribution in [2.75, 3.05) is 18.5 Å². The normalized spacial score (nSPS) is 12.8. The Morgan fingerprint density at radius 2 is 1.78 bits per heavy atom. The Labute approximate surface area is 251 Å². The van der Waals surface area contributed by atoms with Gasteiger partial charge >= 0.3 is 17.8 Å². The lowest BCUT2D eigenvalue weighted by Crippen LogP contribution is -2.32. The van der Waals surface area contributed by atoms with E-state index < -0.39 is 17.8 Å². The number of carbonyl (C=O) groups is 3. The first-order chi connectivity index (χ1) is 19.9. The van der Waals surface area contributed by atoms with Crippen LogP contribution in [0.2, 0.25) is 0 Å². The van der Waals surface area contributed by atoms with Crippen molar-refractivity contribution in [3.8, 4) is 11.5 Å². The number of rotatable bonds is 10. The van der Waals surface area contributed by atoms with E-state index in [2.05, 4.69) is 31.8 Å². The van der Waals surface area contributed by atoms with Gasteiger partial charge < -0.3 is 19.5 Å². The third kappa shape index (κ3) is 7.95. The summed E-state index contributed by atoms with van der Waals surface area (Å²) in [5, 5.41) is 6.87. The zero-order valence-electron chi connectivity index (χ0n) is 23.0. The van der Waals surface area contributed by atoms with Gasteiger partial charge in [-0.2, -0.15) is 5.10 Å². The van der Waals surface area contributed by atoms with Gasteiger partial charge in [-0.3, -0.25) is 9.59 Å². The van der Waals surface area contributed by atoms with Crippen molar-refractivity contribution in [2.24, 2.45) is 5.10 Å². The summed E-state index contributed by atoms with van der Waals surface area (Å²) in [5.41, 5.74) is 5.13. The van der Waals surface area contributed by atoms with Gasteiger partial charge in [0.05, 0.1) is 29.5 Å². The van der Waals surface area contributed by atoms with Crippen molar-refractivity contribution < 1.29 is 28.6 Å². The third-order valence-electron chi connectivity index (χ3n) is 6.27. The fraction of sp³-hybridized carbons (Fsp3) is 0.333. The third-order valence-corrected chi connectivity index (χ3v) is 8.07. The highest BCUT2D eigenvalue weighted by Crippen LogP contribution is 2.38. The number of nitrogens with one attached hydrogen (secondary N) is 2. The van der Waals surface area contributed by atoms with Gasteiger partial charge in [-0.15, -0.1) is 11.3 Å². The molecule has 0 radical (unpaired) electrons. The number of carbonyl (C=O) groups excluding carboxylic acids is 3. The molecule has 0 spiro atoms. The minimum absolute atomic E-state index is 0.216. The molecule has 4 rings (SSSR count). The smallest absolute Gasteiger partial charge is 0.341 e. The number of anilines is 1. The van der Waals surface area contributed by atoms with Gasteiger partial charge in [0.15, 0.2) is 11.5 Å². The van der Waals surface area contributed by atoms with E-state index >= 15 is 0 Å². The van der Waals surface area contributed by atoms with Gasteiger partial charge in [0.2, 0.25) is 0 Å². The van der Waals surface area contributed by atoms with Gasteiger partial charge in [0.25, 0.3) is 0 Å². The Morgan fingerprint density at radius 1 is 1.00 bits per heavy atom. The van der Waals surface area contributed by atoms with Gasteiger partial charge in [0, 0.05) is 4.88 Å². The first-order valence-electron chi connectivity index (χ1n) is 13.5. The highest BCUT2D eigenvalue weighted by Gasteiger charge is 2.28. The van der Waals surface area contributed by atoms with Crippen LogP contribution in [0.15, 0.2) is 52.0 Å². The van der Waals surface area contributed by atoms with E-state index in [9.17, 15) is 14.4 Å². The molecule has 2 amide bonds. The number of hydrogen-bond acceptors (Lipinski definition) is 8. The molecular formula is C30H32BrN3O6S. The zero-order valence-corrected chi connectivity index (χ0v) is 25.4. The van der Waals surface area contributed by atoms with Gasteiger partial charge in [-0.05, 0) is 84.3 Å². The van der Waals surface area contributed by atoms with Gasteiger partial charge in [-0.25, -0.2) is 10.2 Å². The Hall–Kier alpha value is -3.70. The number of nitrogens with zero attached hydrogens (tertiary/aromatic N) is 1. The van der Waals surface area contributed by atoms with Crippen molar-refractivity contribution in [2.45, 2.75) is 52.6 Å². The number of hydrazone groups is 1. The van der Waals surface area contributed by atoms with E-state index in [4.69, 9.17) is 14.2 Å². The Bertz CT molecular complexity index is 1420. The molecule has 0 saturated carbocycles. The predicted molar refractivity (Wildman–Crippen MR) is 162 cm³/mol. The van der Waals surface area contributed by atoms with Crippen LogP contribution < -0.4 is 20.2 Å². The highest BCUT2D eigenvalue weighted by molar-refractivity contribution is 9.10. The second-order valence-electron chi connectivity index (χ2n) is 9.18. The largest absolute Gasteiger partial charge is 0.490 e. The maximum absolute atomic E-state index is 12.7. The molecule has 0 unspecified atom stereocenters. The van der Waals surface area contributed by atoms with Crippen molar-refractivity contribution in [1.82, 2.24) is 5.43 Å². The number of fused-ring (bicyclic) bond motifs is 1. The fourth-order valence-electron chi connectivity index (χ4n) is 4.42. The number of aryl methyl sites for hydroxylation is 1. The second-order valence-corrected chi connectivity index (χ2v) is 11.1. The number of halogens is 1. The maximum Gasteiger partial charge on any atom is 0.341 e. The minimum atomic E-state index is -0.966. The number of hydrogen-bond donors (Lipinski definition) is 2. The Balaban J connectivity index is 1.43. The van der Waals surface area contributed by atoms with Crippen LogP contribution in [-0.2, 0) is 33.8 Å². The number of amides is 2. The lowest BCUT2D eigenvalue weighted by atomic mass is 10.1. The van der Waals surface area contributed by atoms with Crippen molar-refractivity contribution >= 4 is 56.3 Å². The standard InChI is InChI=1S/C30H32BrN3O6S/c1-3-38-23-16-20(15-22(31)26(23)40-18-19-11-7-5-8-12-19)17-32-34-28(36)27(35)33-29-25(30(37)39-4-2)21-13-9-6-10-14-24(21)41-29/h5,7-8,11-12,15-17H,3-4,6,9-10,13-14,18H2,1-2H3,(H,33,35)(H,34,36)/b32-17+. The summed E-state index contributed by atoms with van der Waals surface area (Å²) < 4.78 is 17.7. The molecule has 0 saturated heterocycles. The van der Waals surface area contributed by atoms with Crippen LogP contribution in [-0.4, -0.2) is 37.2 Å². The molecule has 0 fully saturated rings. The Kier molecular flexibility index (Phi) is 10.9. The molecule has 3 aromatic rings. The molecule has 1 aliphatic rings. The van der Waals surface area contributed by atoms with Crippen molar-refractivity contribution in [3.05, 3.63) is 74.1 Å². The summed E-state index contributed by atoms with van der Waals surface area (Å²) in [7, 11) is 0. The van der Waals surface area contributed by atoms with E-state index in [-0.39, 0.29) is 6.61 Å².